The molecule has 0 bridgehead atoms. The van der Waals surface area contributed by atoms with Crippen molar-refractivity contribution in [2.45, 2.75) is 13.0 Å². The maximum Gasteiger partial charge on any atom is 0.208 e. The molecule has 0 heterocycles. The maximum atomic E-state index is 13.1. The summed E-state index contributed by atoms with van der Waals surface area (Å²) < 4.78 is 37.1. The minimum atomic E-state index is -3.14. The second kappa shape index (κ2) is 7.19. The summed E-state index contributed by atoms with van der Waals surface area (Å²) in [7, 11) is -3.14. The predicted octanol–water partition coefficient (Wildman–Crippen LogP) is 0.726. The summed E-state index contributed by atoms with van der Waals surface area (Å²) in [6, 6.07) is 6.05. The van der Waals surface area contributed by atoms with Crippen LogP contribution >= 0.6 is 0 Å². The predicted molar refractivity (Wildman–Crippen MR) is 70.3 cm³/mol. The first-order valence-electron chi connectivity index (χ1n) is 5.75. The van der Waals surface area contributed by atoms with Crippen LogP contribution in [0.4, 0.5) is 4.39 Å². The van der Waals surface area contributed by atoms with Gasteiger partial charge in [0.1, 0.15) is 5.82 Å². The van der Waals surface area contributed by atoms with Crippen LogP contribution in [-0.4, -0.2) is 27.8 Å². The molecule has 0 amide bonds. The lowest BCUT2D eigenvalue weighted by atomic mass is 10.1. The second-order valence-electron chi connectivity index (χ2n) is 4.16. The third-order valence-corrected chi connectivity index (χ3v) is 3.04. The zero-order chi connectivity index (χ0) is 14.3. The van der Waals surface area contributed by atoms with Gasteiger partial charge < -0.3 is 5.32 Å². The number of benzene rings is 1. The Balaban J connectivity index is 2.30. The Bertz CT molecular complexity index is 567. The van der Waals surface area contributed by atoms with E-state index in [1.807, 2.05) is 6.07 Å². The van der Waals surface area contributed by atoms with E-state index in [-0.39, 0.29) is 5.56 Å². The molecule has 0 aliphatic carbocycles. The van der Waals surface area contributed by atoms with Crippen LogP contribution in [0.15, 0.2) is 18.2 Å². The fourth-order valence-corrected chi connectivity index (χ4v) is 2.04. The zero-order valence-corrected chi connectivity index (χ0v) is 11.4. The van der Waals surface area contributed by atoms with Crippen molar-refractivity contribution in [1.29, 1.82) is 5.26 Å². The minimum Gasteiger partial charge on any atom is -0.313 e. The number of nitrogens with one attached hydrogen (secondary N) is 2. The van der Waals surface area contributed by atoms with Gasteiger partial charge in [-0.25, -0.2) is 17.5 Å². The molecule has 0 fully saturated rings. The van der Waals surface area contributed by atoms with Crippen molar-refractivity contribution < 1.29 is 12.8 Å². The van der Waals surface area contributed by atoms with Crippen molar-refractivity contribution in [2.75, 3.05) is 19.3 Å². The highest BCUT2D eigenvalue weighted by molar-refractivity contribution is 7.88. The zero-order valence-electron chi connectivity index (χ0n) is 10.6. The van der Waals surface area contributed by atoms with Crippen molar-refractivity contribution in [3.05, 3.63) is 35.1 Å². The first-order chi connectivity index (χ1) is 8.90. The molecule has 0 aromatic heterocycles. The molecule has 0 aliphatic rings. The molecule has 5 nitrogen and oxygen atoms in total. The summed E-state index contributed by atoms with van der Waals surface area (Å²) in [5.74, 6) is -0.436. The Morgan fingerprint density at radius 3 is 2.68 bits per heavy atom. The van der Waals surface area contributed by atoms with Crippen molar-refractivity contribution in [1.82, 2.24) is 10.0 Å². The highest BCUT2D eigenvalue weighted by atomic mass is 32.2. The molecule has 7 heteroatoms. The molecule has 0 saturated carbocycles. The number of hydrogen-bond acceptors (Lipinski definition) is 4. The van der Waals surface area contributed by atoms with Crippen molar-refractivity contribution in [3.8, 4) is 6.07 Å². The summed E-state index contributed by atoms with van der Waals surface area (Å²) in [6.07, 6.45) is 1.74. The molecule has 0 unspecified atom stereocenters. The SMILES string of the molecule is CS(=O)(=O)NCCCNCc1cc(F)cc(C#N)c1. The number of rotatable bonds is 7. The first-order valence-corrected chi connectivity index (χ1v) is 7.65. The highest BCUT2D eigenvalue weighted by Crippen LogP contribution is 2.08. The molecular weight excluding hydrogens is 269 g/mol. The van der Waals surface area contributed by atoms with Crippen molar-refractivity contribution >= 4 is 10.0 Å². The summed E-state index contributed by atoms with van der Waals surface area (Å²) in [4.78, 5) is 0. The summed E-state index contributed by atoms with van der Waals surface area (Å²) in [5, 5.41) is 11.8. The van der Waals surface area contributed by atoms with Crippen LogP contribution in [0.5, 0.6) is 0 Å². The van der Waals surface area contributed by atoms with E-state index >= 15 is 0 Å². The van der Waals surface area contributed by atoms with Gasteiger partial charge in [-0.3, -0.25) is 0 Å². The van der Waals surface area contributed by atoms with E-state index in [1.165, 1.54) is 12.1 Å². The Morgan fingerprint density at radius 2 is 2.05 bits per heavy atom. The molecule has 1 aromatic rings. The fraction of sp³-hybridized carbons (Fsp3) is 0.417. The van der Waals surface area contributed by atoms with Gasteiger partial charge in [0.15, 0.2) is 0 Å². The summed E-state index contributed by atoms with van der Waals surface area (Å²) >= 11 is 0. The molecule has 0 aliphatic heterocycles. The highest BCUT2D eigenvalue weighted by Gasteiger charge is 2.01. The number of halogens is 1. The van der Waals surface area contributed by atoms with Gasteiger partial charge in [-0.2, -0.15) is 5.26 Å². The van der Waals surface area contributed by atoms with Crippen LogP contribution in [0, 0.1) is 17.1 Å². The number of nitrogens with zero attached hydrogens (tertiary/aromatic N) is 1. The number of sulfonamides is 1. The van der Waals surface area contributed by atoms with Crippen LogP contribution < -0.4 is 10.0 Å². The standard InChI is InChI=1S/C12H16FN3O2S/c1-19(17,18)16-4-2-3-15-9-11-5-10(8-14)6-12(13)7-11/h5-7,15-16H,2-4,9H2,1H3. The average molecular weight is 285 g/mol. The fourth-order valence-electron chi connectivity index (χ4n) is 1.52. The first kappa shape index (κ1) is 15.6. The molecule has 19 heavy (non-hydrogen) atoms. The van der Waals surface area contributed by atoms with Crippen LogP contribution in [0.1, 0.15) is 17.5 Å². The van der Waals surface area contributed by atoms with Gasteiger partial charge in [-0.1, -0.05) is 0 Å². The van der Waals surface area contributed by atoms with Gasteiger partial charge in [-0.05, 0) is 36.7 Å². The number of nitriles is 1. The Labute approximate surface area is 112 Å². The second-order valence-corrected chi connectivity index (χ2v) is 5.99. The molecule has 1 rings (SSSR count). The van der Waals surface area contributed by atoms with E-state index < -0.39 is 15.8 Å². The van der Waals surface area contributed by atoms with Gasteiger partial charge >= 0.3 is 0 Å². The molecule has 2 N–H and O–H groups in total. The maximum absolute atomic E-state index is 13.1. The minimum absolute atomic E-state index is 0.288. The lowest BCUT2D eigenvalue weighted by Crippen LogP contribution is -2.26. The molecule has 0 radical (unpaired) electrons. The van der Waals surface area contributed by atoms with Crippen LogP contribution in [-0.2, 0) is 16.6 Å². The summed E-state index contributed by atoms with van der Waals surface area (Å²) in [5.41, 5.74) is 0.975. The quantitative estimate of drug-likeness (QED) is 0.723. The van der Waals surface area contributed by atoms with Crippen LogP contribution in [0.3, 0.4) is 0 Å². The topological polar surface area (TPSA) is 82.0 Å². The molecule has 104 valence electrons. The third-order valence-electron chi connectivity index (χ3n) is 2.31. The average Bonchev–Trinajstić information content (AvgIpc) is 2.31. The Morgan fingerprint density at radius 1 is 1.32 bits per heavy atom. The molecule has 0 spiro atoms. The number of hydrogen-bond donors (Lipinski definition) is 2. The van der Waals surface area contributed by atoms with E-state index in [0.29, 0.717) is 31.6 Å². The van der Waals surface area contributed by atoms with Gasteiger partial charge in [0.05, 0.1) is 17.9 Å². The molecule has 0 saturated heterocycles. The van der Waals surface area contributed by atoms with E-state index in [2.05, 4.69) is 10.0 Å². The van der Waals surface area contributed by atoms with Crippen molar-refractivity contribution in [2.24, 2.45) is 0 Å². The third kappa shape index (κ3) is 6.86. The van der Waals surface area contributed by atoms with E-state index in [9.17, 15) is 12.8 Å². The van der Waals surface area contributed by atoms with E-state index in [1.54, 1.807) is 6.07 Å². The monoisotopic (exact) mass is 285 g/mol. The molecular formula is C12H16FN3O2S. The smallest absolute Gasteiger partial charge is 0.208 e. The van der Waals surface area contributed by atoms with Gasteiger partial charge in [0.2, 0.25) is 10.0 Å². The summed E-state index contributed by atoms with van der Waals surface area (Å²) in [6.45, 7) is 1.39. The Hall–Kier alpha value is -1.49. The lowest BCUT2D eigenvalue weighted by molar-refractivity contribution is 0.578. The van der Waals surface area contributed by atoms with Crippen LogP contribution in [0.2, 0.25) is 0 Å². The van der Waals surface area contributed by atoms with Crippen LogP contribution in [0.25, 0.3) is 0 Å². The Kier molecular flexibility index (Phi) is 5.89. The van der Waals surface area contributed by atoms with Gasteiger partial charge in [-0.15, -0.1) is 0 Å². The normalized spacial score (nSPS) is 11.2. The van der Waals surface area contributed by atoms with E-state index in [0.717, 1.165) is 6.26 Å². The largest absolute Gasteiger partial charge is 0.313 e. The molecule has 0 atom stereocenters. The van der Waals surface area contributed by atoms with E-state index in [4.69, 9.17) is 5.26 Å². The molecule has 1 aromatic carbocycles. The lowest BCUT2D eigenvalue weighted by Gasteiger charge is -2.06. The van der Waals surface area contributed by atoms with Gasteiger partial charge in [0.25, 0.3) is 0 Å². The van der Waals surface area contributed by atoms with Crippen molar-refractivity contribution in [3.63, 3.8) is 0 Å². The van der Waals surface area contributed by atoms with Gasteiger partial charge in [0, 0.05) is 13.1 Å².